The molecule has 0 aliphatic rings. The van der Waals surface area contributed by atoms with Gasteiger partial charge in [0.05, 0.1) is 5.69 Å². The predicted octanol–water partition coefficient (Wildman–Crippen LogP) is 3.07. The maximum atomic E-state index is 12.1. The van der Waals surface area contributed by atoms with Crippen LogP contribution in [0.4, 0.5) is 0 Å². The fraction of sp³-hybridized carbons (Fsp3) is 0.308. The summed E-state index contributed by atoms with van der Waals surface area (Å²) in [6.07, 6.45) is 4.83. The summed E-state index contributed by atoms with van der Waals surface area (Å²) >= 11 is 1.48. The van der Waals surface area contributed by atoms with Crippen molar-refractivity contribution >= 4 is 17.2 Å². The molecule has 0 spiro atoms. The molecule has 2 heterocycles. The Hall–Kier alpha value is -1.55. The van der Waals surface area contributed by atoms with Gasteiger partial charge in [-0.15, -0.1) is 11.3 Å². The smallest absolute Gasteiger partial charge is 0.263 e. The highest BCUT2D eigenvalue weighted by Gasteiger charge is 2.15. The van der Waals surface area contributed by atoms with Crippen molar-refractivity contribution in [3.05, 3.63) is 40.8 Å². The lowest BCUT2D eigenvalue weighted by atomic mass is 10.2. The van der Waals surface area contributed by atoms with Crippen molar-refractivity contribution in [2.45, 2.75) is 26.3 Å². The van der Waals surface area contributed by atoms with E-state index in [0.29, 0.717) is 0 Å². The van der Waals surface area contributed by atoms with Gasteiger partial charge < -0.3 is 9.88 Å². The molecule has 3 nitrogen and oxygen atoms in total. The summed E-state index contributed by atoms with van der Waals surface area (Å²) in [6, 6.07) is 6.08. The fourth-order valence-electron chi connectivity index (χ4n) is 1.56. The van der Waals surface area contributed by atoms with Gasteiger partial charge in [-0.3, -0.25) is 4.79 Å². The molecule has 0 aliphatic carbocycles. The summed E-state index contributed by atoms with van der Waals surface area (Å²) in [4.78, 5) is 12.8. The van der Waals surface area contributed by atoms with Crippen LogP contribution in [0.3, 0.4) is 0 Å². The monoisotopic (exact) mass is 248 g/mol. The third-order valence-electron chi connectivity index (χ3n) is 2.72. The number of nitrogens with one attached hydrogen (secondary N) is 1. The first kappa shape index (κ1) is 11.9. The minimum absolute atomic E-state index is 0.0121. The number of thiophene rings is 1. The normalized spacial score (nSPS) is 12.4. The Labute approximate surface area is 105 Å². The highest BCUT2D eigenvalue weighted by molar-refractivity contribution is 7.12. The molecule has 0 radical (unpaired) electrons. The summed E-state index contributed by atoms with van der Waals surface area (Å²) in [5, 5.41) is 4.94. The molecular weight excluding hydrogens is 232 g/mol. The Morgan fingerprint density at radius 3 is 2.82 bits per heavy atom. The highest BCUT2D eigenvalue weighted by atomic mass is 32.1. The zero-order valence-electron chi connectivity index (χ0n) is 10.0. The minimum Gasteiger partial charge on any atom is -0.349 e. The second-order valence-electron chi connectivity index (χ2n) is 4.01. The van der Waals surface area contributed by atoms with Gasteiger partial charge >= 0.3 is 0 Å². The van der Waals surface area contributed by atoms with Gasteiger partial charge in [-0.1, -0.05) is 6.92 Å². The third-order valence-corrected chi connectivity index (χ3v) is 3.63. The molecule has 2 aromatic rings. The average Bonchev–Trinajstić information content (AvgIpc) is 2.98. The molecule has 1 atom stereocenters. The SMILES string of the molecule is CC[C@H](C)NC(=O)c1sccc1-n1cccc1. The van der Waals surface area contributed by atoms with Gasteiger partial charge in [0.1, 0.15) is 4.88 Å². The number of hydrogen-bond acceptors (Lipinski definition) is 2. The number of aromatic nitrogens is 1. The van der Waals surface area contributed by atoms with Crippen LogP contribution in [0.5, 0.6) is 0 Å². The van der Waals surface area contributed by atoms with Gasteiger partial charge in [-0.05, 0) is 36.9 Å². The maximum absolute atomic E-state index is 12.1. The molecule has 2 rings (SSSR count). The minimum atomic E-state index is 0.0121. The van der Waals surface area contributed by atoms with Gasteiger partial charge in [-0.25, -0.2) is 0 Å². The first-order valence-corrected chi connectivity index (χ1v) is 6.62. The number of carbonyl (C=O) groups is 1. The summed E-state index contributed by atoms with van der Waals surface area (Å²) in [5.74, 6) is 0.0121. The Kier molecular flexibility index (Phi) is 3.64. The number of nitrogens with zero attached hydrogens (tertiary/aromatic N) is 1. The molecular formula is C13H16N2OS. The number of rotatable bonds is 4. The van der Waals surface area contributed by atoms with Crippen molar-refractivity contribution in [1.29, 1.82) is 0 Å². The molecule has 4 heteroatoms. The van der Waals surface area contributed by atoms with Crippen molar-refractivity contribution in [2.24, 2.45) is 0 Å². The molecule has 0 aromatic carbocycles. The molecule has 0 aliphatic heterocycles. The number of amides is 1. The highest BCUT2D eigenvalue weighted by Crippen LogP contribution is 2.21. The van der Waals surface area contributed by atoms with E-state index in [-0.39, 0.29) is 11.9 Å². The standard InChI is InChI=1S/C13H16N2OS/c1-3-10(2)14-13(16)12-11(6-9-17-12)15-7-4-5-8-15/h4-10H,3H2,1-2H3,(H,14,16)/t10-/m0/s1. The van der Waals surface area contributed by atoms with Crippen molar-refractivity contribution in [3.63, 3.8) is 0 Å². The largest absolute Gasteiger partial charge is 0.349 e. The lowest BCUT2D eigenvalue weighted by Gasteiger charge is -2.11. The number of hydrogen-bond donors (Lipinski definition) is 1. The molecule has 0 saturated carbocycles. The molecule has 1 N–H and O–H groups in total. The summed E-state index contributed by atoms with van der Waals surface area (Å²) in [7, 11) is 0. The van der Waals surface area contributed by atoms with E-state index in [4.69, 9.17) is 0 Å². The van der Waals surface area contributed by atoms with Crippen LogP contribution in [0.15, 0.2) is 36.0 Å². The van der Waals surface area contributed by atoms with Crippen LogP contribution < -0.4 is 5.32 Å². The lowest BCUT2D eigenvalue weighted by molar-refractivity contribution is 0.0943. The Morgan fingerprint density at radius 1 is 1.47 bits per heavy atom. The third kappa shape index (κ3) is 2.58. The van der Waals surface area contributed by atoms with Crippen molar-refractivity contribution in [3.8, 4) is 5.69 Å². The van der Waals surface area contributed by atoms with E-state index in [1.165, 1.54) is 11.3 Å². The second-order valence-corrected chi connectivity index (χ2v) is 4.92. The van der Waals surface area contributed by atoms with Crippen LogP contribution in [0, 0.1) is 0 Å². The molecule has 1 amide bonds. The van der Waals surface area contributed by atoms with Gasteiger partial charge in [0.2, 0.25) is 0 Å². The Morgan fingerprint density at radius 2 is 2.18 bits per heavy atom. The molecule has 2 aromatic heterocycles. The van der Waals surface area contributed by atoms with Gasteiger partial charge in [0.25, 0.3) is 5.91 Å². The van der Waals surface area contributed by atoms with Gasteiger partial charge in [0.15, 0.2) is 0 Å². The van der Waals surface area contributed by atoms with Crippen molar-refractivity contribution in [2.75, 3.05) is 0 Å². The van der Waals surface area contributed by atoms with Gasteiger partial charge in [0, 0.05) is 18.4 Å². The van der Waals surface area contributed by atoms with Crippen LogP contribution in [0.1, 0.15) is 29.9 Å². The molecule has 0 saturated heterocycles. The Balaban J connectivity index is 2.22. The topological polar surface area (TPSA) is 34.0 Å². The van der Waals surface area contributed by atoms with Crippen molar-refractivity contribution < 1.29 is 4.79 Å². The van der Waals surface area contributed by atoms with E-state index in [0.717, 1.165) is 17.0 Å². The van der Waals surface area contributed by atoms with E-state index >= 15 is 0 Å². The van der Waals surface area contributed by atoms with Gasteiger partial charge in [-0.2, -0.15) is 0 Å². The first-order chi connectivity index (χ1) is 8.22. The van der Waals surface area contributed by atoms with Crippen LogP contribution in [-0.2, 0) is 0 Å². The predicted molar refractivity (Wildman–Crippen MR) is 70.9 cm³/mol. The van der Waals surface area contributed by atoms with E-state index in [1.807, 2.05) is 47.5 Å². The first-order valence-electron chi connectivity index (χ1n) is 5.74. The second kappa shape index (κ2) is 5.19. The molecule has 0 unspecified atom stereocenters. The van der Waals surface area contributed by atoms with Crippen molar-refractivity contribution in [1.82, 2.24) is 9.88 Å². The van der Waals surface area contributed by atoms with E-state index < -0.39 is 0 Å². The van der Waals surface area contributed by atoms with Crippen LogP contribution in [0.25, 0.3) is 5.69 Å². The van der Waals surface area contributed by atoms with Crippen LogP contribution in [-0.4, -0.2) is 16.5 Å². The molecule has 17 heavy (non-hydrogen) atoms. The average molecular weight is 248 g/mol. The summed E-state index contributed by atoms with van der Waals surface area (Å²) in [6.45, 7) is 4.08. The fourth-order valence-corrected chi connectivity index (χ4v) is 2.36. The molecule has 90 valence electrons. The Bertz CT molecular complexity index is 487. The van der Waals surface area contributed by atoms with E-state index in [9.17, 15) is 4.79 Å². The van der Waals surface area contributed by atoms with E-state index in [1.54, 1.807) is 0 Å². The lowest BCUT2D eigenvalue weighted by Crippen LogP contribution is -2.31. The summed E-state index contributed by atoms with van der Waals surface area (Å²) in [5.41, 5.74) is 0.945. The van der Waals surface area contributed by atoms with Crippen LogP contribution in [0.2, 0.25) is 0 Å². The van der Waals surface area contributed by atoms with Crippen LogP contribution >= 0.6 is 11.3 Å². The number of carbonyl (C=O) groups excluding carboxylic acids is 1. The maximum Gasteiger partial charge on any atom is 0.263 e. The molecule has 0 bridgehead atoms. The van der Waals surface area contributed by atoms with E-state index in [2.05, 4.69) is 12.2 Å². The summed E-state index contributed by atoms with van der Waals surface area (Å²) < 4.78 is 1.96. The quantitative estimate of drug-likeness (QED) is 0.886. The molecule has 0 fully saturated rings. The zero-order valence-corrected chi connectivity index (χ0v) is 10.8. The zero-order chi connectivity index (χ0) is 12.3.